The summed E-state index contributed by atoms with van der Waals surface area (Å²) in [5.41, 5.74) is -0.499. The Morgan fingerprint density at radius 2 is 2.10 bits per heavy atom. The number of hydrogen-bond donors (Lipinski definition) is 1. The summed E-state index contributed by atoms with van der Waals surface area (Å²) in [5, 5.41) is 10.7. The predicted octanol–water partition coefficient (Wildman–Crippen LogP) is 1.79. The highest BCUT2D eigenvalue weighted by molar-refractivity contribution is 7.91. The van der Waals surface area contributed by atoms with Crippen molar-refractivity contribution in [1.29, 1.82) is 0 Å². The van der Waals surface area contributed by atoms with Gasteiger partial charge in [0.15, 0.2) is 4.34 Å². The fraction of sp³-hybridized carbons (Fsp3) is 0.500. The SMILES string of the molecule is COC(=O)C(NS(=O)(=O)c1cc([N+](=O)[O-])c(Cl)s1)C(C)C. The van der Waals surface area contributed by atoms with Gasteiger partial charge in [-0.1, -0.05) is 25.4 Å². The Morgan fingerprint density at radius 3 is 2.48 bits per heavy atom. The third kappa shape index (κ3) is 4.13. The fourth-order valence-electron chi connectivity index (χ4n) is 1.40. The fourth-order valence-corrected chi connectivity index (χ4v) is 4.42. The van der Waals surface area contributed by atoms with Crippen molar-refractivity contribution in [2.45, 2.75) is 24.1 Å². The Balaban J connectivity index is 3.13. The topological polar surface area (TPSA) is 116 Å². The molecule has 0 saturated carbocycles. The molecule has 1 rings (SSSR count). The maximum Gasteiger partial charge on any atom is 0.324 e. The first kappa shape index (κ1) is 17.8. The number of sulfonamides is 1. The smallest absolute Gasteiger partial charge is 0.324 e. The summed E-state index contributed by atoms with van der Waals surface area (Å²) in [4.78, 5) is 21.5. The van der Waals surface area contributed by atoms with Gasteiger partial charge in [-0.15, -0.1) is 11.3 Å². The van der Waals surface area contributed by atoms with Crippen molar-refractivity contribution >= 4 is 44.6 Å². The molecule has 118 valence electrons. The van der Waals surface area contributed by atoms with Gasteiger partial charge in [0.2, 0.25) is 0 Å². The molecule has 21 heavy (non-hydrogen) atoms. The number of carbonyl (C=O) groups is 1. The van der Waals surface area contributed by atoms with Crippen LogP contribution in [0.2, 0.25) is 4.34 Å². The molecule has 0 aliphatic rings. The molecule has 0 aliphatic carbocycles. The van der Waals surface area contributed by atoms with Gasteiger partial charge < -0.3 is 4.74 Å². The van der Waals surface area contributed by atoms with E-state index in [1.165, 1.54) is 0 Å². The van der Waals surface area contributed by atoms with Gasteiger partial charge in [-0.05, 0) is 5.92 Å². The number of nitrogens with one attached hydrogen (secondary N) is 1. The molecular weight excluding hydrogens is 344 g/mol. The molecule has 0 radical (unpaired) electrons. The zero-order valence-electron chi connectivity index (χ0n) is 11.3. The molecule has 0 bridgehead atoms. The van der Waals surface area contributed by atoms with Crippen LogP contribution in [0.3, 0.4) is 0 Å². The number of methoxy groups -OCH3 is 1. The second-order valence-electron chi connectivity index (χ2n) is 4.35. The van der Waals surface area contributed by atoms with E-state index >= 15 is 0 Å². The van der Waals surface area contributed by atoms with Gasteiger partial charge in [0.05, 0.1) is 12.0 Å². The third-order valence-corrected chi connectivity index (χ3v) is 5.76. The van der Waals surface area contributed by atoms with Crippen molar-refractivity contribution < 1.29 is 22.9 Å². The highest BCUT2D eigenvalue weighted by Gasteiger charge is 2.32. The Kier molecular flexibility index (Phi) is 5.68. The molecule has 1 heterocycles. The van der Waals surface area contributed by atoms with E-state index in [2.05, 4.69) is 9.46 Å². The van der Waals surface area contributed by atoms with Crippen LogP contribution < -0.4 is 4.72 Å². The van der Waals surface area contributed by atoms with E-state index in [0.29, 0.717) is 11.3 Å². The Bertz CT molecular complexity index is 655. The van der Waals surface area contributed by atoms with Crippen LogP contribution in [0.5, 0.6) is 0 Å². The normalized spacial score (nSPS) is 13.2. The molecule has 0 aromatic carbocycles. The van der Waals surface area contributed by atoms with Gasteiger partial charge in [-0.3, -0.25) is 14.9 Å². The standard InChI is InChI=1S/C10H13ClN2O6S2/c1-5(2)8(10(14)19-3)12-21(17,18)7-4-6(13(15)16)9(11)20-7/h4-5,8,12H,1-3H3. The number of halogens is 1. The molecule has 0 saturated heterocycles. The van der Waals surface area contributed by atoms with Gasteiger partial charge in [-0.2, -0.15) is 4.72 Å². The number of esters is 1. The number of nitrogens with zero attached hydrogens (tertiary/aromatic N) is 1. The number of nitro groups is 1. The average molecular weight is 357 g/mol. The zero-order valence-corrected chi connectivity index (χ0v) is 13.7. The van der Waals surface area contributed by atoms with Gasteiger partial charge in [-0.25, -0.2) is 8.42 Å². The summed E-state index contributed by atoms with van der Waals surface area (Å²) >= 11 is 6.17. The van der Waals surface area contributed by atoms with Crippen LogP contribution >= 0.6 is 22.9 Å². The minimum Gasteiger partial charge on any atom is -0.468 e. The van der Waals surface area contributed by atoms with E-state index in [4.69, 9.17) is 11.6 Å². The highest BCUT2D eigenvalue weighted by atomic mass is 35.5. The molecule has 1 aromatic heterocycles. The summed E-state index contributed by atoms with van der Waals surface area (Å²) in [7, 11) is -2.98. The number of hydrogen-bond acceptors (Lipinski definition) is 7. The van der Waals surface area contributed by atoms with Crippen molar-refractivity contribution in [2.75, 3.05) is 7.11 Å². The minimum atomic E-state index is -4.12. The molecule has 0 fully saturated rings. The lowest BCUT2D eigenvalue weighted by Crippen LogP contribution is -2.44. The van der Waals surface area contributed by atoms with Crippen LogP contribution in [0, 0.1) is 16.0 Å². The third-order valence-electron chi connectivity index (χ3n) is 2.51. The van der Waals surface area contributed by atoms with Crippen LogP contribution in [-0.4, -0.2) is 32.5 Å². The lowest BCUT2D eigenvalue weighted by molar-refractivity contribution is -0.384. The van der Waals surface area contributed by atoms with Gasteiger partial charge in [0.1, 0.15) is 10.3 Å². The van der Waals surface area contributed by atoms with Crippen molar-refractivity contribution in [3.05, 3.63) is 20.5 Å². The highest BCUT2D eigenvalue weighted by Crippen LogP contribution is 2.36. The molecule has 0 amide bonds. The van der Waals surface area contributed by atoms with Crippen LogP contribution in [0.25, 0.3) is 0 Å². The van der Waals surface area contributed by atoms with Gasteiger partial charge >= 0.3 is 5.97 Å². The number of carbonyl (C=O) groups excluding carboxylic acids is 1. The first-order valence-electron chi connectivity index (χ1n) is 5.64. The summed E-state index contributed by atoms with van der Waals surface area (Å²) in [5.74, 6) is -1.11. The van der Waals surface area contributed by atoms with Crippen molar-refractivity contribution in [2.24, 2.45) is 5.92 Å². The molecule has 1 aromatic rings. The molecule has 1 unspecified atom stereocenters. The van der Waals surface area contributed by atoms with E-state index < -0.39 is 32.6 Å². The Morgan fingerprint density at radius 1 is 1.52 bits per heavy atom. The lowest BCUT2D eigenvalue weighted by Gasteiger charge is -2.19. The molecule has 1 atom stereocenters. The van der Waals surface area contributed by atoms with Crippen LogP contribution in [0.1, 0.15) is 13.8 Å². The minimum absolute atomic E-state index is 0.250. The Labute approximate surface area is 130 Å². The zero-order chi connectivity index (χ0) is 16.4. The molecule has 8 nitrogen and oxygen atoms in total. The molecular formula is C10H13ClN2O6S2. The monoisotopic (exact) mass is 356 g/mol. The summed E-state index contributed by atoms with van der Waals surface area (Å²) in [6.07, 6.45) is 0. The predicted molar refractivity (Wildman–Crippen MR) is 76.9 cm³/mol. The summed E-state index contributed by atoms with van der Waals surface area (Å²) < 4.78 is 30.4. The number of ether oxygens (including phenoxy) is 1. The van der Waals surface area contributed by atoms with E-state index in [9.17, 15) is 23.3 Å². The van der Waals surface area contributed by atoms with Crippen LogP contribution in [0.4, 0.5) is 5.69 Å². The molecule has 0 aliphatic heterocycles. The second-order valence-corrected chi connectivity index (χ2v) is 7.94. The lowest BCUT2D eigenvalue weighted by atomic mass is 10.1. The summed E-state index contributed by atoms with van der Waals surface area (Å²) in [6, 6.07) is -0.246. The van der Waals surface area contributed by atoms with Crippen LogP contribution in [0.15, 0.2) is 10.3 Å². The van der Waals surface area contributed by atoms with Gasteiger partial charge in [0.25, 0.3) is 15.7 Å². The van der Waals surface area contributed by atoms with E-state index in [1.54, 1.807) is 13.8 Å². The summed E-state index contributed by atoms with van der Waals surface area (Å²) in [6.45, 7) is 3.27. The second kappa shape index (κ2) is 6.69. The molecule has 0 spiro atoms. The van der Waals surface area contributed by atoms with Crippen molar-refractivity contribution in [3.63, 3.8) is 0 Å². The van der Waals surface area contributed by atoms with Crippen molar-refractivity contribution in [3.8, 4) is 0 Å². The maximum absolute atomic E-state index is 12.2. The number of thiophene rings is 1. The van der Waals surface area contributed by atoms with Crippen molar-refractivity contribution in [1.82, 2.24) is 4.72 Å². The largest absolute Gasteiger partial charge is 0.468 e. The van der Waals surface area contributed by atoms with E-state index in [0.717, 1.165) is 13.2 Å². The maximum atomic E-state index is 12.2. The van der Waals surface area contributed by atoms with Crippen LogP contribution in [-0.2, 0) is 19.6 Å². The Hall–Kier alpha value is -1.23. The first-order chi connectivity index (χ1) is 9.60. The van der Waals surface area contributed by atoms with E-state index in [-0.39, 0.29) is 14.5 Å². The quantitative estimate of drug-likeness (QED) is 0.472. The van der Waals surface area contributed by atoms with E-state index in [1.807, 2.05) is 0 Å². The molecule has 11 heteroatoms. The van der Waals surface area contributed by atoms with Gasteiger partial charge in [0, 0.05) is 6.07 Å². The molecule has 1 N–H and O–H groups in total. The first-order valence-corrected chi connectivity index (χ1v) is 8.31. The average Bonchev–Trinajstić information content (AvgIpc) is 2.78. The number of rotatable bonds is 6.